The smallest absolute Gasteiger partial charge is 0.347 e. The molecule has 101 heavy (non-hydrogen) atoms. The third-order valence-corrected chi connectivity index (χ3v) is 13.5. The fourth-order valence-electron chi connectivity index (χ4n) is 7.26. The number of aliphatic carboxylic acids is 1. The summed E-state index contributed by atoms with van der Waals surface area (Å²) in [6.07, 6.45) is 4.66. The number of halogens is 3. The van der Waals surface area contributed by atoms with Crippen molar-refractivity contribution in [2.45, 2.75) is 117 Å². The molecule has 0 aromatic heterocycles. The Morgan fingerprint density at radius 3 is 0.832 bits per heavy atom. The number of carboxylic acid groups (broad SMARTS) is 1. The molecular formula is C68H84Cl3N7O23. The Hall–Kier alpha value is -10.3. The molecule has 550 valence electrons. The number of amides is 2. The van der Waals surface area contributed by atoms with Crippen molar-refractivity contribution in [3.8, 4) is 17.2 Å². The summed E-state index contributed by atoms with van der Waals surface area (Å²) in [5.41, 5.74) is 4.31. The lowest BCUT2D eigenvalue weighted by Gasteiger charge is -2.25. The van der Waals surface area contributed by atoms with E-state index < -0.39 is 43.1 Å². The molecule has 0 aliphatic carbocycles. The molecule has 6 aromatic rings. The summed E-state index contributed by atoms with van der Waals surface area (Å²) in [7, 11) is 0. The van der Waals surface area contributed by atoms with Crippen molar-refractivity contribution >= 4 is 69.9 Å². The second-order valence-corrected chi connectivity index (χ2v) is 23.6. The van der Waals surface area contributed by atoms with Gasteiger partial charge in [-0.25, -0.2) is 4.79 Å². The molecule has 6 rings (SSSR count). The first-order chi connectivity index (χ1) is 47.6. The van der Waals surface area contributed by atoms with Crippen molar-refractivity contribution < 1.29 is 92.9 Å². The molecule has 33 heteroatoms. The minimum Gasteiger partial charge on any atom is -0.478 e. The minimum absolute atomic E-state index is 0.0995. The van der Waals surface area contributed by atoms with Gasteiger partial charge < -0.3 is 60.1 Å². The Morgan fingerprint density at radius 1 is 0.406 bits per heavy atom. The number of nitrogens with zero attached hydrogens (tertiary/aromatic N) is 4. The fraction of sp³-hybridized carbons (Fsp3) is 0.382. The van der Waals surface area contributed by atoms with Gasteiger partial charge in [0.15, 0.2) is 34.2 Å². The number of hydrogen-bond acceptors (Lipinski definition) is 23. The van der Waals surface area contributed by atoms with Gasteiger partial charge >= 0.3 is 5.97 Å². The van der Waals surface area contributed by atoms with E-state index in [1.54, 1.807) is 173 Å². The second-order valence-electron chi connectivity index (χ2n) is 22.2. The van der Waals surface area contributed by atoms with E-state index in [1.807, 2.05) is 13.8 Å². The normalized spacial score (nSPS) is 10.4. The van der Waals surface area contributed by atoms with Gasteiger partial charge in [-0.1, -0.05) is 61.5 Å². The molecule has 6 N–H and O–H groups in total. The monoisotopic (exact) mass is 1470 g/mol. The number of nitrogens with two attached hydrogens (primary N) is 1. The van der Waals surface area contributed by atoms with Gasteiger partial charge in [-0.3, -0.25) is 24.0 Å². The van der Waals surface area contributed by atoms with Gasteiger partial charge in [0, 0.05) is 68.1 Å². The van der Waals surface area contributed by atoms with E-state index in [0.29, 0.717) is 85.1 Å². The molecule has 0 atom stereocenters. The van der Waals surface area contributed by atoms with Crippen molar-refractivity contribution in [3.05, 3.63) is 234 Å². The number of carboxylic acids is 1. The predicted molar refractivity (Wildman–Crippen MR) is 373 cm³/mol. The van der Waals surface area contributed by atoms with Crippen LogP contribution in [0.15, 0.2) is 146 Å². The lowest BCUT2D eigenvalue weighted by atomic mass is 10.0. The molecular weight excluding hydrogens is 1390 g/mol. The highest BCUT2D eigenvalue weighted by atomic mass is 35.5. The van der Waals surface area contributed by atoms with Crippen LogP contribution in [0.4, 0.5) is 0 Å². The molecule has 0 saturated heterocycles. The first-order valence-electron chi connectivity index (χ1n) is 31.1. The SMILES string of the molecule is CC(C)(Oc1ccc(C(=O)c2ccc(Cl)cc2)cc1)C(=O)NCCCO[N+](=O)[O-].CC(C)(Oc1ccc(C(=O)c2ccc(Cl)cc2)cc1)C(=O)NCCCO[N+](=O)[O-].CC(C)(Oc1ccc(C(=O)c2ccc(Cl)cc2)cc1)C(=O)O.CCCCO[N+](=O)[O-].CCCCO[N+](=O)[O-].NCCCO. The number of benzene rings is 6. The maximum absolute atomic E-state index is 12.5. The largest absolute Gasteiger partial charge is 0.478 e. The predicted octanol–water partition coefficient (Wildman–Crippen LogP) is 12.0. The molecule has 2 amide bonds. The molecule has 0 saturated carbocycles. The summed E-state index contributed by atoms with van der Waals surface area (Å²) in [5, 5.41) is 59.7. The zero-order chi connectivity index (χ0) is 76.1. The zero-order valence-corrected chi connectivity index (χ0v) is 59.2. The number of ether oxygens (including phenoxy) is 3. The Morgan fingerprint density at radius 2 is 0.634 bits per heavy atom. The molecule has 0 unspecified atom stereocenters. The average molecular weight is 1470 g/mol. The number of aliphatic hydroxyl groups is 1. The summed E-state index contributed by atoms with van der Waals surface area (Å²) in [4.78, 5) is 128. The minimum atomic E-state index is -1.33. The lowest BCUT2D eigenvalue weighted by molar-refractivity contribution is -0.757. The van der Waals surface area contributed by atoms with Gasteiger partial charge in [-0.2, -0.15) is 0 Å². The third-order valence-electron chi connectivity index (χ3n) is 12.8. The Labute approximate surface area is 598 Å². The highest BCUT2D eigenvalue weighted by Gasteiger charge is 2.32. The van der Waals surface area contributed by atoms with Crippen LogP contribution in [0.1, 0.15) is 148 Å². The van der Waals surface area contributed by atoms with E-state index >= 15 is 0 Å². The summed E-state index contributed by atoms with van der Waals surface area (Å²) in [5.74, 6) is -1.01. The first kappa shape index (κ1) is 88.7. The van der Waals surface area contributed by atoms with Gasteiger partial charge in [-0.05, 0) is 226 Å². The molecule has 0 fully saturated rings. The van der Waals surface area contributed by atoms with Gasteiger partial charge in [0.25, 0.3) is 32.2 Å². The molecule has 0 radical (unpaired) electrons. The van der Waals surface area contributed by atoms with Crippen molar-refractivity contribution in [2.75, 3.05) is 52.7 Å². The van der Waals surface area contributed by atoms with Crippen molar-refractivity contribution in [3.63, 3.8) is 0 Å². The summed E-state index contributed by atoms with van der Waals surface area (Å²) in [6, 6.07) is 39.1. The number of nitrogens with one attached hydrogen (secondary N) is 2. The standard InChI is InChI=1S/2C20H21ClN2O6.C17H15ClO4.2C4H9NO3.C3H9NO/c2*1-20(2,19(25)22-12-3-13-28-23(26)27)29-17-10-6-15(7-11-17)18(24)14-4-8-16(21)9-5-14;1-17(2,16(20)21)22-14-9-5-12(6-10-14)15(19)11-3-7-13(18)8-4-11;2*1-2-3-4-8-5(6)7;4-2-1-3-5/h2*4-11H,3,12-13H2,1-2H3,(H,22,25);3-10H,1-2H3,(H,20,21);2*2-4H2,1H3;5H,1-4H2. The highest BCUT2D eigenvalue weighted by Crippen LogP contribution is 2.25. The zero-order valence-electron chi connectivity index (χ0n) is 56.9. The van der Waals surface area contributed by atoms with Crippen LogP contribution in [-0.2, 0) is 33.7 Å². The summed E-state index contributed by atoms with van der Waals surface area (Å²) in [6.45, 7) is 14.7. The van der Waals surface area contributed by atoms with Gasteiger partial charge in [0.05, 0.1) is 26.4 Å². The van der Waals surface area contributed by atoms with Crippen LogP contribution in [0.2, 0.25) is 15.1 Å². The molecule has 0 aliphatic rings. The van der Waals surface area contributed by atoms with Gasteiger partial charge in [0.1, 0.15) is 17.2 Å². The topological polar surface area (TPSA) is 430 Å². The van der Waals surface area contributed by atoms with Gasteiger partial charge in [-0.15, -0.1) is 40.5 Å². The number of ketones is 3. The van der Waals surface area contributed by atoms with Crippen molar-refractivity contribution in [1.82, 2.24) is 10.6 Å². The van der Waals surface area contributed by atoms with Crippen molar-refractivity contribution in [1.29, 1.82) is 0 Å². The lowest BCUT2D eigenvalue weighted by Crippen LogP contribution is -2.47. The van der Waals surface area contributed by atoms with E-state index in [4.69, 9.17) is 65.0 Å². The quantitative estimate of drug-likeness (QED) is 0.0107. The van der Waals surface area contributed by atoms with E-state index in [0.717, 1.165) is 32.1 Å². The Kier molecular flexibility index (Phi) is 41.9. The number of aliphatic hydroxyl groups excluding tert-OH is 1. The second kappa shape index (κ2) is 47.7. The number of carbonyl (C=O) groups is 6. The van der Waals surface area contributed by atoms with Crippen LogP contribution in [0, 0.1) is 40.5 Å². The molecule has 6 aromatic carbocycles. The molecule has 0 heterocycles. The Balaban J connectivity index is 0.000000665. The molecule has 30 nitrogen and oxygen atoms in total. The number of rotatable bonds is 35. The van der Waals surface area contributed by atoms with Crippen LogP contribution in [-0.4, -0.2) is 135 Å². The third kappa shape index (κ3) is 38.0. The first-order valence-corrected chi connectivity index (χ1v) is 32.2. The number of unbranched alkanes of at least 4 members (excludes halogenated alkanes) is 2. The van der Waals surface area contributed by atoms with E-state index in [-0.39, 0.29) is 75.3 Å². The molecule has 0 spiro atoms. The highest BCUT2D eigenvalue weighted by molar-refractivity contribution is 6.31. The number of hydrogen-bond donors (Lipinski definition) is 5. The molecule has 0 bridgehead atoms. The summed E-state index contributed by atoms with van der Waals surface area (Å²) >= 11 is 17.5. The number of carbonyl (C=O) groups excluding carboxylic acids is 5. The van der Waals surface area contributed by atoms with E-state index in [9.17, 15) is 69.2 Å². The van der Waals surface area contributed by atoms with Crippen LogP contribution in [0.3, 0.4) is 0 Å². The maximum atomic E-state index is 12.5. The van der Waals surface area contributed by atoms with Crippen LogP contribution >= 0.6 is 34.8 Å². The van der Waals surface area contributed by atoms with Crippen LogP contribution < -0.4 is 30.6 Å². The van der Waals surface area contributed by atoms with E-state index in [1.165, 1.54) is 13.8 Å². The van der Waals surface area contributed by atoms with Crippen LogP contribution in [0.25, 0.3) is 0 Å². The summed E-state index contributed by atoms with van der Waals surface area (Å²) < 4.78 is 16.9. The molecule has 0 aliphatic heterocycles. The fourth-order valence-corrected chi connectivity index (χ4v) is 7.64. The van der Waals surface area contributed by atoms with Crippen LogP contribution in [0.5, 0.6) is 17.2 Å². The average Bonchev–Trinajstić information content (AvgIpc) is 0.848. The van der Waals surface area contributed by atoms with Gasteiger partial charge in [0.2, 0.25) is 0 Å². The maximum Gasteiger partial charge on any atom is 0.347 e. The Bertz CT molecular complexity index is 3360. The van der Waals surface area contributed by atoms with E-state index in [2.05, 4.69) is 30.0 Å². The van der Waals surface area contributed by atoms with Crippen molar-refractivity contribution in [2.24, 2.45) is 5.73 Å².